The zero-order chi connectivity index (χ0) is 8.97. The standard InChI is InChI=1S/C10H21NO/c1-3-8(2)10(12)9-5-4-6-11-7-9/h8-12H,3-7H2,1-2H3. The van der Waals surface area contributed by atoms with Crippen LogP contribution in [0.4, 0.5) is 0 Å². The fourth-order valence-electron chi connectivity index (χ4n) is 1.88. The largest absolute Gasteiger partial charge is 0.393 e. The molecular weight excluding hydrogens is 150 g/mol. The number of rotatable bonds is 3. The molecule has 1 saturated heterocycles. The highest BCUT2D eigenvalue weighted by atomic mass is 16.3. The third-order valence-electron chi connectivity index (χ3n) is 3.04. The summed E-state index contributed by atoms with van der Waals surface area (Å²) < 4.78 is 0. The average Bonchev–Trinajstić information content (AvgIpc) is 2.17. The summed E-state index contributed by atoms with van der Waals surface area (Å²) in [4.78, 5) is 0. The highest BCUT2D eigenvalue weighted by Gasteiger charge is 2.24. The Morgan fingerprint density at radius 3 is 2.83 bits per heavy atom. The Labute approximate surface area is 75.4 Å². The maximum atomic E-state index is 9.90. The zero-order valence-electron chi connectivity index (χ0n) is 8.21. The van der Waals surface area contributed by atoms with Gasteiger partial charge < -0.3 is 10.4 Å². The van der Waals surface area contributed by atoms with E-state index in [-0.39, 0.29) is 6.10 Å². The quantitative estimate of drug-likeness (QED) is 0.672. The molecule has 1 aliphatic heterocycles. The van der Waals surface area contributed by atoms with E-state index in [1.807, 2.05) is 0 Å². The molecule has 12 heavy (non-hydrogen) atoms. The highest BCUT2D eigenvalue weighted by Crippen LogP contribution is 2.21. The maximum Gasteiger partial charge on any atom is 0.0605 e. The van der Waals surface area contributed by atoms with Crippen LogP contribution in [-0.2, 0) is 0 Å². The number of aliphatic hydroxyl groups excluding tert-OH is 1. The van der Waals surface area contributed by atoms with Gasteiger partial charge in [0.15, 0.2) is 0 Å². The van der Waals surface area contributed by atoms with Crippen LogP contribution in [-0.4, -0.2) is 24.3 Å². The van der Waals surface area contributed by atoms with E-state index in [2.05, 4.69) is 19.2 Å². The van der Waals surface area contributed by atoms with Gasteiger partial charge in [-0.3, -0.25) is 0 Å². The van der Waals surface area contributed by atoms with Crippen LogP contribution in [0.1, 0.15) is 33.1 Å². The van der Waals surface area contributed by atoms with Gasteiger partial charge in [0.2, 0.25) is 0 Å². The lowest BCUT2D eigenvalue weighted by Crippen LogP contribution is -2.39. The van der Waals surface area contributed by atoms with Gasteiger partial charge in [0.05, 0.1) is 6.10 Å². The van der Waals surface area contributed by atoms with E-state index in [1.54, 1.807) is 0 Å². The molecule has 2 heteroatoms. The summed E-state index contributed by atoms with van der Waals surface area (Å²) in [5.74, 6) is 0.948. The van der Waals surface area contributed by atoms with Crippen molar-refractivity contribution in [2.45, 2.75) is 39.2 Å². The Hall–Kier alpha value is -0.0800. The molecule has 1 rings (SSSR count). The van der Waals surface area contributed by atoms with Gasteiger partial charge in [-0.25, -0.2) is 0 Å². The predicted molar refractivity (Wildman–Crippen MR) is 51.1 cm³/mol. The molecule has 3 atom stereocenters. The second-order valence-electron chi connectivity index (χ2n) is 3.98. The lowest BCUT2D eigenvalue weighted by molar-refractivity contribution is 0.0444. The van der Waals surface area contributed by atoms with Crippen LogP contribution in [0.5, 0.6) is 0 Å². The molecule has 0 saturated carbocycles. The van der Waals surface area contributed by atoms with Crippen LogP contribution < -0.4 is 5.32 Å². The minimum atomic E-state index is -0.0946. The number of nitrogens with one attached hydrogen (secondary N) is 1. The van der Waals surface area contributed by atoms with Crippen molar-refractivity contribution in [3.63, 3.8) is 0 Å². The minimum Gasteiger partial charge on any atom is -0.393 e. The molecule has 0 radical (unpaired) electrons. The first-order valence-electron chi connectivity index (χ1n) is 5.14. The number of aliphatic hydroxyl groups is 1. The summed E-state index contributed by atoms with van der Waals surface area (Å²) in [6, 6.07) is 0. The molecule has 1 fully saturated rings. The third-order valence-corrected chi connectivity index (χ3v) is 3.04. The second kappa shape index (κ2) is 4.83. The molecule has 3 unspecified atom stereocenters. The molecule has 0 amide bonds. The Balaban J connectivity index is 2.33. The fourth-order valence-corrected chi connectivity index (χ4v) is 1.88. The van der Waals surface area contributed by atoms with E-state index in [1.165, 1.54) is 12.8 Å². The molecule has 0 bridgehead atoms. The second-order valence-corrected chi connectivity index (χ2v) is 3.98. The Kier molecular flexibility index (Phi) is 4.02. The molecule has 0 aliphatic carbocycles. The fraction of sp³-hybridized carbons (Fsp3) is 1.00. The smallest absolute Gasteiger partial charge is 0.0605 e. The molecule has 1 aliphatic rings. The monoisotopic (exact) mass is 171 g/mol. The van der Waals surface area contributed by atoms with E-state index >= 15 is 0 Å². The van der Waals surface area contributed by atoms with Gasteiger partial charge in [-0.2, -0.15) is 0 Å². The van der Waals surface area contributed by atoms with Crippen molar-refractivity contribution >= 4 is 0 Å². The topological polar surface area (TPSA) is 32.3 Å². The number of piperidine rings is 1. The van der Waals surface area contributed by atoms with Crippen molar-refractivity contribution in [2.24, 2.45) is 11.8 Å². The highest BCUT2D eigenvalue weighted by molar-refractivity contribution is 4.78. The third kappa shape index (κ3) is 2.46. The van der Waals surface area contributed by atoms with E-state index < -0.39 is 0 Å². The Bertz CT molecular complexity index is 121. The first kappa shape index (κ1) is 10.0. The van der Waals surface area contributed by atoms with Gasteiger partial charge in [0.25, 0.3) is 0 Å². The Morgan fingerprint density at radius 1 is 1.58 bits per heavy atom. The van der Waals surface area contributed by atoms with Gasteiger partial charge in [-0.1, -0.05) is 20.3 Å². The SMILES string of the molecule is CCC(C)C(O)C1CCCNC1. The summed E-state index contributed by atoms with van der Waals surface area (Å²) in [5, 5.41) is 13.2. The normalized spacial score (nSPS) is 29.8. The molecule has 2 nitrogen and oxygen atoms in total. The molecule has 0 aromatic carbocycles. The summed E-state index contributed by atoms with van der Waals surface area (Å²) in [5.41, 5.74) is 0. The van der Waals surface area contributed by atoms with Crippen LogP contribution in [0, 0.1) is 11.8 Å². The van der Waals surface area contributed by atoms with Crippen molar-refractivity contribution in [3.8, 4) is 0 Å². The van der Waals surface area contributed by atoms with E-state index in [4.69, 9.17) is 0 Å². The lowest BCUT2D eigenvalue weighted by Gasteiger charge is -2.30. The molecule has 0 aromatic rings. The first-order valence-corrected chi connectivity index (χ1v) is 5.14. The molecule has 0 spiro atoms. The van der Waals surface area contributed by atoms with Gasteiger partial charge in [-0.05, 0) is 31.2 Å². The lowest BCUT2D eigenvalue weighted by atomic mass is 9.86. The Morgan fingerprint density at radius 2 is 2.33 bits per heavy atom. The number of hydrogen-bond donors (Lipinski definition) is 2. The predicted octanol–water partition coefficient (Wildman–Crippen LogP) is 1.39. The van der Waals surface area contributed by atoms with Crippen molar-refractivity contribution in [1.82, 2.24) is 5.32 Å². The van der Waals surface area contributed by atoms with Crippen molar-refractivity contribution < 1.29 is 5.11 Å². The first-order chi connectivity index (χ1) is 5.75. The van der Waals surface area contributed by atoms with Gasteiger partial charge in [0.1, 0.15) is 0 Å². The average molecular weight is 171 g/mol. The van der Waals surface area contributed by atoms with E-state index in [0.717, 1.165) is 19.5 Å². The molecule has 1 heterocycles. The van der Waals surface area contributed by atoms with Crippen LogP contribution in [0.15, 0.2) is 0 Å². The molecular formula is C10H21NO. The van der Waals surface area contributed by atoms with Gasteiger partial charge in [-0.15, -0.1) is 0 Å². The summed E-state index contributed by atoms with van der Waals surface area (Å²) in [7, 11) is 0. The van der Waals surface area contributed by atoms with Crippen LogP contribution in [0.3, 0.4) is 0 Å². The van der Waals surface area contributed by atoms with Crippen molar-refractivity contribution in [2.75, 3.05) is 13.1 Å². The zero-order valence-corrected chi connectivity index (χ0v) is 8.21. The van der Waals surface area contributed by atoms with Crippen molar-refractivity contribution in [3.05, 3.63) is 0 Å². The van der Waals surface area contributed by atoms with Crippen molar-refractivity contribution in [1.29, 1.82) is 0 Å². The minimum absolute atomic E-state index is 0.0946. The number of hydrogen-bond acceptors (Lipinski definition) is 2. The molecule has 72 valence electrons. The van der Waals surface area contributed by atoms with E-state index in [9.17, 15) is 5.11 Å². The van der Waals surface area contributed by atoms with E-state index in [0.29, 0.717) is 11.8 Å². The van der Waals surface area contributed by atoms with Crippen LogP contribution in [0.25, 0.3) is 0 Å². The summed E-state index contributed by atoms with van der Waals surface area (Å²) in [6.45, 7) is 6.42. The summed E-state index contributed by atoms with van der Waals surface area (Å²) >= 11 is 0. The maximum absolute atomic E-state index is 9.90. The van der Waals surface area contributed by atoms with Gasteiger partial charge in [0, 0.05) is 6.54 Å². The van der Waals surface area contributed by atoms with Gasteiger partial charge >= 0.3 is 0 Å². The van der Waals surface area contributed by atoms with Crippen LogP contribution in [0.2, 0.25) is 0 Å². The summed E-state index contributed by atoms with van der Waals surface area (Å²) in [6.07, 6.45) is 3.40. The van der Waals surface area contributed by atoms with Crippen LogP contribution >= 0.6 is 0 Å². The molecule has 0 aromatic heterocycles. The molecule has 2 N–H and O–H groups in total.